The molecule has 0 aromatic rings. The summed E-state index contributed by atoms with van der Waals surface area (Å²) in [6.07, 6.45) is 23.0. The molecule has 0 amide bonds. The highest BCUT2D eigenvalue weighted by Gasteiger charge is 2.33. The first-order chi connectivity index (χ1) is 19.6. The fourth-order valence-corrected chi connectivity index (χ4v) is 5.76. The summed E-state index contributed by atoms with van der Waals surface area (Å²) in [5.74, 6) is 13.3. The first kappa shape index (κ1) is 34.9. The minimum Gasteiger partial charge on any atom is -0.393 e. The van der Waals surface area contributed by atoms with Crippen LogP contribution in [-0.2, 0) is 0 Å². The fourth-order valence-electron chi connectivity index (χ4n) is 5.76. The second-order valence-electron chi connectivity index (χ2n) is 13.3. The number of aliphatic hydroxyl groups is 2. The zero-order valence-electron chi connectivity index (χ0n) is 27.7. The van der Waals surface area contributed by atoms with Gasteiger partial charge in [0.05, 0.1) is 12.2 Å². The van der Waals surface area contributed by atoms with Gasteiger partial charge in [0.25, 0.3) is 0 Å². The van der Waals surface area contributed by atoms with Crippen molar-refractivity contribution < 1.29 is 10.2 Å². The predicted octanol–water partition coefficient (Wildman–Crippen LogP) is 9.44. The van der Waals surface area contributed by atoms with Crippen LogP contribution >= 0.6 is 0 Å². The van der Waals surface area contributed by atoms with E-state index in [2.05, 4.69) is 103 Å². The van der Waals surface area contributed by atoms with Gasteiger partial charge in [0, 0.05) is 22.0 Å². The van der Waals surface area contributed by atoms with E-state index >= 15 is 0 Å². The molecule has 2 heteroatoms. The van der Waals surface area contributed by atoms with Gasteiger partial charge in [0.1, 0.15) is 0 Å². The molecule has 0 heterocycles. The standard InChI is InChI=1S/C40H52O2/c1-29(17-13-19-31(3)21-23-37-33(5)25-35(41)27-39(37,7)8)15-11-12-16-30(2)18-14-20-32(4)22-24-38-34(6)26-36(42)28-40(38,9)10/h11-20,35-36,41-42H,25-28H2,1-10H3/b12-11+,17-13+,18-14+,29-15+,30-16+,31-19+,32-20+/t35-,36-/m0/s1. The molecule has 2 N–H and O–H groups in total. The van der Waals surface area contributed by atoms with E-state index in [0.717, 1.165) is 59.1 Å². The van der Waals surface area contributed by atoms with Crippen LogP contribution in [0, 0.1) is 34.5 Å². The molecule has 0 aromatic heterocycles. The van der Waals surface area contributed by atoms with Gasteiger partial charge in [0.15, 0.2) is 0 Å². The summed E-state index contributed by atoms with van der Waals surface area (Å²) in [5, 5.41) is 20.2. The van der Waals surface area contributed by atoms with E-state index in [9.17, 15) is 10.2 Å². The molecule has 2 aliphatic rings. The lowest BCUT2D eigenvalue weighted by atomic mass is 9.72. The Morgan fingerprint density at radius 1 is 0.619 bits per heavy atom. The van der Waals surface area contributed by atoms with Crippen LogP contribution in [-0.4, -0.2) is 22.4 Å². The molecule has 2 aliphatic carbocycles. The molecule has 0 aromatic carbocycles. The van der Waals surface area contributed by atoms with Crippen molar-refractivity contribution >= 4 is 0 Å². The highest BCUT2D eigenvalue weighted by molar-refractivity contribution is 5.46. The summed E-state index contributed by atoms with van der Waals surface area (Å²) in [6.45, 7) is 21.1. The Morgan fingerprint density at radius 2 is 0.976 bits per heavy atom. The second-order valence-corrected chi connectivity index (χ2v) is 13.3. The number of allylic oxidation sites excluding steroid dienone is 16. The van der Waals surface area contributed by atoms with Crippen molar-refractivity contribution in [2.75, 3.05) is 0 Å². The molecule has 42 heavy (non-hydrogen) atoms. The molecule has 0 fully saturated rings. The van der Waals surface area contributed by atoms with Crippen LogP contribution in [0.5, 0.6) is 0 Å². The quantitative estimate of drug-likeness (QED) is 0.249. The number of rotatable bonds is 6. The first-order valence-electron chi connectivity index (χ1n) is 15.1. The zero-order chi connectivity index (χ0) is 31.5. The van der Waals surface area contributed by atoms with Gasteiger partial charge in [-0.15, -0.1) is 0 Å². The third-order valence-electron chi connectivity index (χ3n) is 7.79. The van der Waals surface area contributed by atoms with Crippen LogP contribution in [0.1, 0.15) is 94.9 Å². The summed E-state index contributed by atoms with van der Waals surface area (Å²) >= 11 is 0. The minimum atomic E-state index is -0.263. The van der Waals surface area contributed by atoms with Gasteiger partial charge in [-0.3, -0.25) is 0 Å². The maximum absolute atomic E-state index is 10.1. The molecule has 0 radical (unpaired) electrons. The van der Waals surface area contributed by atoms with Crippen molar-refractivity contribution in [3.8, 4) is 23.7 Å². The van der Waals surface area contributed by atoms with Gasteiger partial charge in [-0.25, -0.2) is 0 Å². The van der Waals surface area contributed by atoms with Crippen LogP contribution in [0.4, 0.5) is 0 Å². The lowest BCUT2D eigenvalue weighted by Gasteiger charge is -2.34. The van der Waals surface area contributed by atoms with Gasteiger partial charge < -0.3 is 10.2 Å². The summed E-state index contributed by atoms with van der Waals surface area (Å²) in [7, 11) is 0. The van der Waals surface area contributed by atoms with Crippen molar-refractivity contribution in [3.05, 3.63) is 105 Å². The monoisotopic (exact) mass is 564 g/mol. The van der Waals surface area contributed by atoms with Gasteiger partial charge in [-0.05, 0) is 78.4 Å². The lowest BCUT2D eigenvalue weighted by Crippen LogP contribution is -2.28. The highest BCUT2D eigenvalue weighted by atomic mass is 16.3. The summed E-state index contributed by atoms with van der Waals surface area (Å²) in [6, 6.07) is 0. The maximum Gasteiger partial charge on any atom is 0.0586 e. The van der Waals surface area contributed by atoms with Gasteiger partial charge in [-0.2, -0.15) is 0 Å². The third-order valence-corrected chi connectivity index (χ3v) is 7.79. The molecule has 0 saturated carbocycles. The second kappa shape index (κ2) is 15.8. The van der Waals surface area contributed by atoms with E-state index in [1.54, 1.807) is 0 Å². The third kappa shape index (κ3) is 11.5. The zero-order valence-corrected chi connectivity index (χ0v) is 27.7. The smallest absolute Gasteiger partial charge is 0.0586 e. The first-order valence-corrected chi connectivity index (χ1v) is 15.1. The van der Waals surface area contributed by atoms with Crippen LogP contribution < -0.4 is 0 Å². The van der Waals surface area contributed by atoms with Crippen molar-refractivity contribution in [1.29, 1.82) is 0 Å². The highest BCUT2D eigenvalue weighted by Crippen LogP contribution is 2.40. The van der Waals surface area contributed by atoms with Crippen LogP contribution in [0.15, 0.2) is 105 Å². The van der Waals surface area contributed by atoms with E-state index in [1.165, 1.54) is 11.1 Å². The maximum atomic E-state index is 10.1. The molecule has 2 rings (SSSR count). The normalized spacial score (nSPS) is 23.9. The van der Waals surface area contributed by atoms with Crippen molar-refractivity contribution in [3.63, 3.8) is 0 Å². The van der Waals surface area contributed by atoms with Crippen LogP contribution in [0.25, 0.3) is 0 Å². The molecular weight excluding hydrogens is 512 g/mol. The van der Waals surface area contributed by atoms with Crippen molar-refractivity contribution in [2.45, 2.75) is 107 Å². The molecule has 224 valence electrons. The largest absolute Gasteiger partial charge is 0.393 e. The van der Waals surface area contributed by atoms with E-state index < -0.39 is 0 Å². The Bertz CT molecular complexity index is 1290. The molecular formula is C40H52O2. The molecule has 0 spiro atoms. The Balaban J connectivity index is 1.93. The van der Waals surface area contributed by atoms with Crippen molar-refractivity contribution in [1.82, 2.24) is 0 Å². The average Bonchev–Trinajstić information content (AvgIpc) is 2.84. The Morgan fingerprint density at radius 3 is 1.31 bits per heavy atom. The van der Waals surface area contributed by atoms with E-state index in [4.69, 9.17) is 0 Å². The lowest BCUT2D eigenvalue weighted by molar-refractivity contribution is 0.116. The number of hydrogen-bond donors (Lipinski definition) is 2. The number of hydrogen-bond acceptors (Lipinski definition) is 2. The molecule has 2 atom stereocenters. The van der Waals surface area contributed by atoms with Crippen LogP contribution in [0.3, 0.4) is 0 Å². The SMILES string of the molecule is CC1=C(C#C/C(C)=C/C=C/C(C)=C/C=C/C=C(C)/C=C/C=C(\C)C#CC2=C(C)C[C@H](O)CC2(C)C)C(C)(C)C[C@@H](O)C1. The van der Waals surface area contributed by atoms with E-state index in [0.29, 0.717) is 0 Å². The summed E-state index contributed by atoms with van der Waals surface area (Å²) in [4.78, 5) is 0. The minimum absolute atomic E-state index is 0.0840. The molecule has 0 saturated heterocycles. The molecule has 0 unspecified atom stereocenters. The van der Waals surface area contributed by atoms with E-state index in [1.807, 2.05) is 50.3 Å². The Hall–Kier alpha value is -3.30. The Labute approximate surface area is 256 Å². The average molecular weight is 565 g/mol. The van der Waals surface area contributed by atoms with Crippen LogP contribution in [0.2, 0.25) is 0 Å². The predicted molar refractivity (Wildman–Crippen MR) is 181 cm³/mol. The fraction of sp³-hybridized carbons (Fsp3) is 0.450. The topological polar surface area (TPSA) is 40.5 Å². The van der Waals surface area contributed by atoms with Gasteiger partial charge in [-0.1, -0.05) is 134 Å². The molecule has 2 nitrogen and oxygen atoms in total. The summed E-state index contributed by atoms with van der Waals surface area (Å²) < 4.78 is 0. The van der Waals surface area contributed by atoms with Gasteiger partial charge in [0.2, 0.25) is 0 Å². The number of aliphatic hydroxyl groups excluding tert-OH is 2. The molecule has 0 aliphatic heterocycles. The van der Waals surface area contributed by atoms with E-state index in [-0.39, 0.29) is 23.0 Å². The van der Waals surface area contributed by atoms with Crippen molar-refractivity contribution in [2.24, 2.45) is 10.8 Å². The molecule has 0 bridgehead atoms. The van der Waals surface area contributed by atoms with Gasteiger partial charge >= 0.3 is 0 Å². The summed E-state index contributed by atoms with van der Waals surface area (Å²) in [5.41, 5.74) is 8.91. The Kier molecular flexibility index (Phi) is 13.1.